The summed E-state index contributed by atoms with van der Waals surface area (Å²) in [5.41, 5.74) is 9.60. The summed E-state index contributed by atoms with van der Waals surface area (Å²) in [5, 5.41) is 13.4. The first-order chi connectivity index (χ1) is 11.1. The SMILES string of the molecule is NC(=O)[C@@H]1c2cc(CNCCc3cccnc3)ccc2C[C@H]1O. The number of rotatable bonds is 6. The molecule has 0 radical (unpaired) electrons. The number of hydrogen-bond donors (Lipinski definition) is 3. The molecule has 5 heteroatoms. The highest BCUT2D eigenvalue weighted by Crippen LogP contribution is 2.33. The van der Waals surface area contributed by atoms with Crippen LogP contribution in [0, 0.1) is 0 Å². The zero-order valence-corrected chi connectivity index (χ0v) is 12.9. The van der Waals surface area contributed by atoms with E-state index in [2.05, 4.69) is 16.4 Å². The summed E-state index contributed by atoms with van der Waals surface area (Å²) in [7, 11) is 0. The van der Waals surface area contributed by atoms with E-state index in [0.29, 0.717) is 6.42 Å². The molecule has 2 atom stereocenters. The lowest BCUT2D eigenvalue weighted by Crippen LogP contribution is -2.28. The Morgan fingerprint density at radius 1 is 1.35 bits per heavy atom. The van der Waals surface area contributed by atoms with Gasteiger partial charge in [-0.05, 0) is 47.7 Å². The van der Waals surface area contributed by atoms with Crippen LogP contribution in [0.15, 0.2) is 42.7 Å². The number of primary amides is 1. The number of aliphatic hydroxyl groups is 1. The van der Waals surface area contributed by atoms with Crippen molar-refractivity contribution >= 4 is 5.91 Å². The van der Waals surface area contributed by atoms with Crippen molar-refractivity contribution in [3.63, 3.8) is 0 Å². The summed E-state index contributed by atoms with van der Waals surface area (Å²) >= 11 is 0. The lowest BCUT2D eigenvalue weighted by molar-refractivity contribution is -0.121. The quantitative estimate of drug-likeness (QED) is 0.692. The molecule has 0 fully saturated rings. The van der Waals surface area contributed by atoms with Crippen molar-refractivity contribution in [2.24, 2.45) is 5.73 Å². The van der Waals surface area contributed by atoms with Crippen LogP contribution in [0.2, 0.25) is 0 Å². The minimum absolute atomic E-state index is 0.460. The van der Waals surface area contributed by atoms with Crippen LogP contribution in [0.3, 0.4) is 0 Å². The number of hydrogen-bond acceptors (Lipinski definition) is 4. The second kappa shape index (κ2) is 6.89. The number of aromatic nitrogens is 1. The lowest BCUT2D eigenvalue weighted by atomic mass is 9.97. The van der Waals surface area contributed by atoms with Crippen LogP contribution >= 0.6 is 0 Å². The maximum atomic E-state index is 11.5. The van der Waals surface area contributed by atoms with E-state index >= 15 is 0 Å². The van der Waals surface area contributed by atoms with Gasteiger partial charge in [0.15, 0.2) is 0 Å². The Morgan fingerprint density at radius 2 is 2.22 bits per heavy atom. The molecule has 0 aliphatic heterocycles. The second-order valence-electron chi connectivity index (χ2n) is 5.97. The monoisotopic (exact) mass is 311 g/mol. The normalized spacial score (nSPS) is 19.5. The minimum Gasteiger partial charge on any atom is -0.392 e. The maximum absolute atomic E-state index is 11.5. The number of nitrogens with two attached hydrogens (primary N) is 1. The van der Waals surface area contributed by atoms with Crippen molar-refractivity contribution in [2.75, 3.05) is 6.54 Å². The topological polar surface area (TPSA) is 88.2 Å². The van der Waals surface area contributed by atoms with Gasteiger partial charge in [-0.15, -0.1) is 0 Å². The van der Waals surface area contributed by atoms with E-state index in [9.17, 15) is 9.90 Å². The molecular weight excluding hydrogens is 290 g/mol. The predicted molar refractivity (Wildman–Crippen MR) is 87.7 cm³/mol. The van der Waals surface area contributed by atoms with Crippen LogP contribution in [-0.4, -0.2) is 28.6 Å². The Morgan fingerprint density at radius 3 is 2.96 bits per heavy atom. The number of carbonyl (C=O) groups is 1. The molecule has 4 N–H and O–H groups in total. The molecule has 1 aliphatic rings. The third kappa shape index (κ3) is 3.57. The Hall–Kier alpha value is -2.24. The summed E-state index contributed by atoms with van der Waals surface area (Å²) in [5.74, 6) is -1.04. The number of nitrogens with one attached hydrogen (secondary N) is 1. The molecule has 1 heterocycles. The fourth-order valence-electron chi connectivity index (χ4n) is 3.13. The van der Waals surface area contributed by atoms with Gasteiger partial charge in [-0.2, -0.15) is 0 Å². The third-order valence-corrected chi connectivity index (χ3v) is 4.31. The van der Waals surface area contributed by atoms with Gasteiger partial charge in [0.05, 0.1) is 12.0 Å². The highest BCUT2D eigenvalue weighted by molar-refractivity contribution is 5.84. The van der Waals surface area contributed by atoms with E-state index in [0.717, 1.165) is 36.2 Å². The highest BCUT2D eigenvalue weighted by Gasteiger charge is 2.35. The van der Waals surface area contributed by atoms with E-state index in [1.165, 1.54) is 5.56 Å². The summed E-state index contributed by atoms with van der Waals surface area (Å²) in [4.78, 5) is 15.6. The molecule has 1 aromatic carbocycles. The van der Waals surface area contributed by atoms with Gasteiger partial charge in [0.1, 0.15) is 0 Å². The predicted octanol–water partition coefficient (Wildman–Crippen LogP) is 0.900. The van der Waals surface area contributed by atoms with Crippen LogP contribution < -0.4 is 11.1 Å². The van der Waals surface area contributed by atoms with Gasteiger partial charge in [-0.3, -0.25) is 9.78 Å². The molecule has 0 unspecified atom stereocenters. The molecule has 0 saturated carbocycles. The zero-order valence-electron chi connectivity index (χ0n) is 12.9. The minimum atomic E-state index is -0.698. The van der Waals surface area contributed by atoms with Crippen molar-refractivity contribution in [3.8, 4) is 0 Å². The van der Waals surface area contributed by atoms with E-state index in [-0.39, 0.29) is 0 Å². The molecular formula is C18H21N3O2. The summed E-state index contributed by atoms with van der Waals surface area (Å²) < 4.78 is 0. The van der Waals surface area contributed by atoms with Gasteiger partial charge in [0, 0.05) is 18.9 Å². The van der Waals surface area contributed by atoms with Crippen molar-refractivity contribution in [1.29, 1.82) is 0 Å². The number of carbonyl (C=O) groups excluding carboxylic acids is 1. The summed E-state index contributed by atoms with van der Waals surface area (Å²) in [6.45, 7) is 1.57. The first kappa shape index (κ1) is 15.6. The summed E-state index contributed by atoms with van der Waals surface area (Å²) in [6, 6.07) is 10.00. The van der Waals surface area contributed by atoms with Gasteiger partial charge < -0.3 is 16.2 Å². The molecule has 0 saturated heterocycles. The molecule has 2 aromatic rings. The first-order valence-corrected chi connectivity index (χ1v) is 7.84. The standard InChI is InChI=1S/C18H21N3O2/c19-18(23)17-15-8-13(3-4-14(15)9-16(17)22)11-21-7-5-12-2-1-6-20-10-12/h1-4,6,8,10,16-17,21-22H,5,7,9,11H2,(H2,19,23)/t16-,17-/m1/s1. The zero-order chi connectivity index (χ0) is 16.2. The Labute approximate surface area is 135 Å². The van der Waals surface area contributed by atoms with Crippen molar-refractivity contribution < 1.29 is 9.90 Å². The lowest BCUT2D eigenvalue weighted by Gasteiger charge is -2.12. The van der Waals surface area contributed by atoms with Crippen LogP contribution in [-0.2, 0) is 24.2 Å². The number of benzene rings is 1. The Balaban J connectivity index is 1.59. The number of amides is 1. The molecule has 23 heavy (non-hydrogen) atoms. The van der Waals surface area contributed by atoms with Crippen LogP contribution in [0.25, 0.3) is 0 Å². The highest BCUT2D eigenvalue weighted by atomic mass is 16.3. The second-order valence-corrected chi connectivity index (χ2v) is 5.97. The van der Waals surface area contributed by atoms with Crippen molar-refractivity contribution in [2.45, 2.75) is 31.4 Å². The van der Waals surface area contributed by atoms with Crippen LogP contribution in [0.5, 0.6) is 0 Å². The molecule has 1 amide bonds. The van der Waals surface area contributed by atoms with Crippen molar-refractivity contribution in [1.82, 2.24) is 10.3 Å². The fourth-order valence-corrected chi connectivity index (χ4v) is 3.13. The number of pyridine rings is 1. The molecule has 0 spiro atoms. The van der Waals surface area contributed by atoms with Crippen LogP contribution in [0.1, 0.15) is 28.2 Å². The molecule has 1 aromatic heterocycles. The molecule has 120 valence electrons. The van der Waals surface area contributed by atoms with Crippen molar-refractivity contribution in [3.05, 3.63) is 65.0 Å². The number of aliphatic hydroxyl groups excluding tert-OH is 1. The van der Waals surface area contributed by atoms with Gasteiger partial charge >= 0.3 is 0 Å². The Kier molecular flexibility index (Phi) is 4.69. The van der Waals surface area contributed by atoms with Gasteiger partial charge in [-0.25, -0.2) is 0 Å². The van der Waals surface area contributed by atoms with E-state index in [1.54, 1.807) is 6.20 Å². The third-order valence-electron chi connectivity index (χ3n) is 4.31. The fraction of sp³-hybridized carbons (Fsp3) is 0.333. The number of fused-ring (bicyclic) bond motifs is 1. The molecule has 5 nitrogen and oxygen atoms in total. The van der Waals surface area contributed by atoms with Gasteiger partial charge in [-0.1, -0.05) is 24.3 Å². The first-order valence-electron chi connectivity index (χ1n) is 7.84. The molecule has 0 bridgehead atoms. The smallest absolute Gasteiger partial charge is 0.227 e. The van der Waals surface area contributed by atoms with Gasteiger partial charge in [0.2, 0.25) is 5.91 Å². The number of nitrogens with zero attached hydrogens (tertiary/aromatic N) is 1. The molecule has 3 rings (SSSR count). The molecule has 1 aliphatic carbocycles. The van der Waals surface area contributed by atoms with E-state index in [1.807, 2.05) is 30.5 Å². The largest absolute Gasteiger partial charge is 0.392 e. The maximum Gasteiger partial charge on any atom is 0.227 e. The van der Waals surface area contributed by atoms with E-state index in [4.69, 9.17) is 5.73 Å². The van der Waals surface area contributed by atoms with E-state index < -0.39 is 17.9 Å². The van der Waals surface area contributed by atoms with Crippen LogP contribution in [0.4, 0.5) is 0 Å². The van der Waals surface area contributed by atoms with Gasteiger partial charge in [0.25, 0.3) is 0 Å². The summed E-state index contributed by atoms with van der Waals surface area (Å²) in [6.07, 6.45) is 4.36. The Bertz CT molecular complexity index is 688. The average Bonchev–Trinajstić information content (AvgIpc) is 2.88. The average molecular weight is 311 g/mol.